The number of benzene rings is 1. The molecular weight excluding hydrogens is 330 g/mol. The molecule has 0 saturated carbocycles. The van der Waals surface area contributed by atoms with Gasteiger partial charge in [0, 0.05) is 11.8 Å². The van der Waals surface area contributed by atoms with Crippen molar-refractivity contribution in [3.05, 3.63) is 29.0 Å². The Kier molecular flexibility index (Phi) is 5.54. The number of hydrogen-bond donors (Lipinski definition) is 1. The van der Waals surface area contributed by atoms with Crippen LogP contribution < -0.4 is 4.72 Å². The second-order valence-corrected chi connectivity index (χ2v) is 7.55. The summed E-state index contributed by atoms with van der Waals surface area (Å²) in [6, 6.07) is 3.39. The number of furan rings is 1. The zero-order valence-corrected chi connectivity index (χ0v) is 15.2. The van der Waals surface area contributed by atoms with Gasteiger partial charge in [-0.2, -0.15) is 0 Å². The summed E-state index contributed by atoms with van der Waals surface area (Å²) in [4.78, 5) is 12.3. The summed E-state index contributed by atoms with van der Waals surface area (Å²) in [5.74, 6) is 0.0931. The van der Waals surface area contributed by atoms with Crippen LogP contribution in [0.2, 0.25) is 0 Å². The summed E-state index contributed by atoms with van der Waals surface area (Å²) in [5.41, 5.74) is 2.11. The molecule has 132 valence electrons. The Balaban J connectivity index is 2.63. The third-order valence-corrected chi connectivity index (χ3v) is 5.00. The lowest BCUT2D eigenvalue weighted by Gasteiger charge is -2.09. The van der Waals surface area contributed by atoms with Crippen molar-refractivity contribution >= 4 is 32.6 Å². The first-order valence-corrected chi connectivity index (χ1v) is 9.71. The third-order valence-electron chi connectivity index (χ3n) is 3.71. The molecule has 0 aliphatic heterocycles. The second kappa shape index (κ2) is 7.25. The van der Waals surface area contributed by atoms with Gasteiger partial charge in [0.05, 0.1) is 18.0 Å². The molecule has 0 spiro atoms. The number of carbonyl (C=O) groups excluding carboxylic acids is 1. The maximum Gasteiger partial charge on any atom is 0.342 e. The van der Waals surface area contributed by atoms with Gasteiger partial charge in [0.2, 0.25) is 10.0 Å². The summed E-state index contributed by atoms with van der Waals surface area (Å²) < 4.78 is 37.2. The SMILES string of the molecule is CCCc1oc2cc(C)c(NS(=O)(=O)CC)cc2c1C(=O)OCC. The molecule has 6 nitrogen and oxygen atoms in total. The molecule has 0 aliphatic rings. The zero-order valence-electron chi connectivity index (χ0n) is 14.4. The highest BCUT2D eigenvalue weighted by Crippen LogP contribution is 2.32. The maximum absolute atomic E-state index is 12.3. The molecule has 0 bridgehead atoms. The van der Waals surface area contributed by atoms with Crippen LogP contribution >= 0.6 is 0 Å². The lowest BCUT2D eigenvalue weighted by Crippen LogP contribution is -2.15. The van der Waals surface area contributed by atoms with Gasteiger partial charge in [-0.3, -0.25) is 4.72 Å². The molecule has 1 heterocycles. The van der Waals surface area contributed by atoms with E-state index in [1.165, 1.54) is 0 Å². The Hall–Kier alpha value is -2.02. The summed E-state index contributed by atoms with van der Waals surface area (Å²) in [7, 11) is -3.41. The molecule has 0 atom stereocenters. The molecule has 1 aromatic heterocycles. The zero-order chi connectivity index (χ0) is 17.9. The first-order valence-electron chi connectivity index (χ1n) is 8.06. The number of esters is 1. The van der Waals surface area contributed by atoms with Crippen LogP contribution in [0.5, 0.6) is 0 Å². The number of aryl methyl sites for hydroxylation is 2. The van der Waals surface area contributed by atoms with E-state index in [2.05, 4.69) is 4.72 Å². The van der Waals surface area contributed by atoms with Crippen LogP contribution in [-0.4, -0.2) is 26.7 Å². The van der Waals surface area contributed by atoms with E-state index >= 15 is 0 Å². The number of sulfonamides is 1. The molecule has 0 unspecified atom stereocenters. The number of nitrogens with one attached hydrogen (secondary N) is 1. The minimum absolute atomic E-state index is 0.0261. The Bertz CT molecular complexity index is 851. The highest BCUT2D eigenvalue weighted by molar-refractivity contribution is 7.92. The number of rotatable bonds is 7. The van der Waals surface area contributed by atoms with Gasteiger partial charge in [0.1, 0.15) is 16.9 Å². The quantitative estimate of drug-likeness (QED) is 0.768. The van der Waals surface area contributed by atoms with Crippen molar-refractivity contribution in [3.8, 4) is 0 Å². The lowest BCUT2D eigenvalue weighted by molar-refractivity contribution is 0.0526. The normalized spacial score (nSPS) is 11.7. The molecular formula is C17H23NO5S. The molecule has 0 fully saturated rings. The molecule has 0 amide bonds. The molecule has 0 saturated heterocycles. The molecule has 2 aromatic rings. The summed E-state index contributed by atoms with van der Waals surface area (Å²) in [6.45, 7) is 7.35. The first kappa shape index (κ1) is 18.3. The van der Waals surface area contributed by atoms with Crippen LogP contribution in [0.3, 0.4) is 0 Å². The van der Waals surface area contributed by atoms with E-state index in [9.17, 15) is 13.2 Å². The summed E-state index contributed by atoms with van der Waals surface area (Å²) in [6.07, 6.45) is 1.43. The van der Waals surface area contributed by atoms with Gasteiger partial charge in [-0.05, 0) is 44.9 Å². The predicted octanol–water partition coefficient (Wildman–Crippen LogP) is 3.63. The van der Waals surface area contributed by atoms with Crippen molar-refractivity contribution in [1.82, 2.24) is 0 Å². The smallest absolute Gasteiger partial charge is 0.342 e. The average molecular weight is 353 g/mol. The van der Waals surface area contributed by atoms with Gasteiger partial charge in [0.25, 0.3) is 0 Å². The van der Waals surface area contributed by atoms with Crippen LogP contribution in [0, 0.1) is 6.92 Å². The Labute approximate surface area is 142 Å². The number of fused-ring (bicyclic) bond motifs is 1. The molecule has 7 heteroatoms. The number of ether oxygens (including phenoxy) is 1. The third kappa shape index (κ3) is 3.72. The Morgan fingerprint density at radius 2 is 1.96 bits per heavy atom. The van der Waals surface area contributed by atoms with E-state index in [1.807, 2.05) is 6.92 Å². The monoisotopic (exact) mass is 353 g/mol. The molecule has 0 aliphatic carbocycles. The highest BCUT2D eigenvalue weighted by atomic mass is 32.2. The predicted molar refractivity (Wildman–Crippen MR) is 94.0 cm³/mol. The highest BCUT2D eigenvalue weighted by Gasteiger charge is 2.23. The summed E-state index contributed by atoms with van der Waals surface area (Å²) in [5, 5.41) is 0.566. The molecule has 24 heavy (non-hydrogen) atoms. The largest absolute Gasteiger partial charge is 0.462 e. The van der Waals surface area contributed by atoms with Crippen molar-refractivity contribution in [1.29, 1.82) is 0 Å². The number of hydrogen-bond acceptors (Lipinski definition) is 5. The van der Waals surface area contributed by atoms with Gasteiger partial charge in [-0.15, -0.1) is 0 Å². The maximum atomic E-state index is 12.3. The van der Waals surface area contributed by atoms with Crippen LogP contribution in [0.4, 0.5) is 5.69 Å². The molecule has 1 aromatic carbocycles. The fraction of sp³-hybridized carbons (Fsp3) is 0.471. The van der Waals surface area contributed by atoms with Crippen LogP contribution in [0.1, 0.15) is 48.9 Å². The fourth-order valence-corrected chi connectivity index (χ4v) is 3.17. The van der Waals surface area contributed by atoms with E-state index in [0.717, 1.165) is 12.0 Å². The van der Waals surface area contributed by atoms with Crippen LogP contribution in [0.15, 0.2) is 16.5 Å². The number of carbonyl (C=O) groups is 1. The van der Waals surface area contributed by atoms with Crippen molar-refractivity contribution < 1.29 is 22.4 Å². The Morgan fingerprint density at radius 1 is 1.25 bits per heavy atom. The standard InChI is InChI=1S/C17H23NO5S/c1-5-8-14-16(17(19)22-6-2)12-10-13(18-24(20,21)7-3)11(4)9-15(12)23-14/h9-10,18H,5-8H2,1-4H3. The van der Waals surface area contributed by atoms with Crippen molar-refractivity contribution in [2.45, 2.75) is 40.5 Å². The average Bonchev–Trinajstić information content (AvgIpc) is 2.85. The van der Waals surface area contributed by atoms with Crippen molar-refractivity contribution in [2.24, 2.45) is 0 Å². The second-order valence-electron chi connectivity index (χ2n) is 5.54. The first-order chi connectivity index (χ1) is 11.3. The van der Waals surface area contributed by atoms with Crippen LogP contribution in [-0.2, 0) is 21.2 Å². The van der Waals surface area contributed by atoms with Crippen molar-refractivity contribution in [3.63, 3.8) is 0 Å². The molecule has 2 rings (SSSR count). The van der Waals surface area contributed by atoms with E-state index in [0.29, 0.717) is 34.4 Å². The topological polar surface area (TPSA) is 85.6 Å². The van der Waals surface area contributed by atoms with Crippen LogP contribution in [0.25, 0.3) is 11.0 Å². The summed E-state index contributed by atoms with van der Waals surface area (Å²) >= 11 is 0. The lowest BCUT2D eigenvalue weighted by atomic mass is 10.1. The molecule has 0 radical (unpaired) electrons. The van der Waals surface area contributed by atoms with E-state index in [1.54, 1.807) is 32.9 Å². The number of anilines is 1. The minimum atomic E-state index is -3.41. The Morgan fingerprint density at radius 3 is 2.54 bits per heavy atom. The van der Waals surface area contributed by atoms with Gasteiger partial charge in [-0.25, -0.2) is 13.2 Å². The van der Waals surface area contributed by atoms with Crippen molar-refractivity contribution in [2.75, 3.05) is 17.1 Å². The fourth-order valence-electron chi connectivity index (χ4n) is 2.48. The van der Waals surface area contributed by atoms with Gasteiger partial charge >= 0.3 is 5.97 Å². The van der Waals surface area contributed by atoms with Gasteiger partial charge in [-0.1, -0.05) is 6.92 Å². The van der Waals surface area contributed by atoms with E-state index in [4.69, 9.17) is 9.15 Å². The van der Waals surface area contributed by atoms with Gasteiger partial charge in [0.15, 0.2) is 0 Å². The minimum Gasteiger partial charge on any atom is -0.462 e. The molecule has 1 N–H and O–H groups in total. The van der Waals surface area contributed by atoms with E-state index < -0.39 is 16.0 Å². The van der Waals surface area contributed by atoms with Gasteiger partial charge < -0.3 is 9.15 Å². The van der Waals surface area contributed by atoms with E-state index in [-0.39, 0.29) is 12.4 Å².